The number of rotatable bonds is 2. The Morgan fingerprint density at radius 2 is 2.06 bits per heavy atom. The molecule has 2 heterocycles. The Bertz CT molecular complexity index is 298. The second kappa shape index (κ2) is 7.74. The molecular weight excluding hydrogens is 301 g/mol. The van der Waals surface area contributed by atoms with Crippen molar-refractivity contribution in [3.63, 3.8) is 0 Å². The third kappa shape index (κ3) is 3.41. The quantitative estimate of drug-likeness (QED) is 0.538. The number of nitrogens with one attached hydrogen (secondary N) is 1. The zero-order valence-corrected chi connectivity index (χ0v) is 12.3. The van der Waals surface area contributed by atoms with E-state index in [2.05, 4.69) is 10.3 Å². The van der Waals surface area contributed by atoms with Crippen LogP contribution in [0.5, 0.6) is 0 Å². The molecule has 0 unspecified atom stereocenters. The second-order valence-electron chi connectivity index (χ2n) is 3.83. The van der Waals surface area contributed by atoms with Crippen LogP contribution < -0.4 is 11.1 Å². The average molecular weight is 320 g/mol. The fourth-order valence-corrected chi connectivity index (χ4v) is 3.10. The Hall–Kier alpha value is 0.240. The van der Waals surface area contributed by atoms with Crippen molar-refractivity contribution >= 4 is 41.7 Å². The molecule has 2 saturated heterocycles. The van der Waals surface area contributed by atoms with Gasteiger partial charge in [-0.15, -0.1) is 24.8 Å². The molecule has 6 nitrogen and oxygen atoms in total. The first-order valence-corrected chi connectivity index (χ1v) is 6.24. The van der Waals surface area contributed by atoms with E-state index in [-0.39, 0.29) is 42.8 Å². The summed E-state index contributed by atoms with van der Waals surface area (Å²) < 4.78 is 5.60. The molecule has 2 rings (SSSR count). The molecule has 0 bridgehead atoms. The van der Waals surface area contributed by atoms with Gasteiger partial charge in [-0.1, -0.05) is 11.8 Å². The molecule has 0 aromatic heterocycles. The first-order valence-electron chi connectivity index (χ1n) is 5.36. The monoisotopic (exact) mass is 319 g/mol. The van der Waals surface area contributed by atoms with Crippen molar-refractivity contribution in [3.05, 3.63) is 0 Å². The van der Waals surface area contributed by atoms with E-state index in [1.807, 2.05) is 6.92 Å². The van der Waals surface area contributed by atoms with Crippen molar-refractivity contribution in [2.75, 3.05) is 13.1 Å². The van der Waals surface area contributed by atoms with Crippen LogP contribution in [-0.4, -0.2) is 58.3 Å². The van der Waals surface area contributed by atoms with Crippen LogP contribution in [0.25, 0.3) is 0 Å². The molecule has 0 aromatic carbocycles. The fourth-order valence-electron chi connectivity index (χ4n) is 1.89. The molecule has 5 atom stereocenters. The van der Waals surface area contributed by atoms with Gasteiger partial charge in [-0.3, -0.25) is 4.99 Å². The normalized spacial score (nSPS) is 40.4. The zero-order chi connectivity index (χ0) is 11.7. The lowest BCUT2D eigenvalue weighted by Gasteiger charge is -2.38. The minimum atomic E-state index is -0.944. The number of hydrogen-bond acceptors (Lipinski definition) is 6. The first-order chi connectivity index (χ1) is 7.67. The summed E-state index contributed by atoms with van der Waals surface area (Å²) in [6, 6.07) is -0.312. The molecule has 0 saturated carbocycles. The Kier molecular flexibility index (Phi) is 7.84. The maximum Gasteiger partial charge on any atom is 0.159 e. The molecule has 2 aliphatic rings. The van der Waals surface area contributed by atoms with E-state index >= 15 is 0 Å². The van der Waals surface area contributed by atoms with Crippen LogP contribution in [0.1, 0.15) is 6.92 Å². The molecule has 2 fully saturated rings. The van der Waals surface area contributed by atoms with Crippen molar-refractivity contribution < 1.29 is 14.9 Å². The van der Waals surface area contributed by atoms with Crippen molar-refractivity contribution in [1.82, 2.24) is 5.32 Å². The van der Waals surface area contributed by atoms with Crippen molar-refractivity contribution in [2.45, 2.75) is 36.7 Å². The van der Waals surface area contributed by atoms with Gasteiger partial charge in [0.2, 0.25) is 0 Å². The van der Waals surface area contributed by atoms with Crippen molar-refractivity contribution in [1.29, 1.82) is 0 Å². The van der Waals surface area contributed by atoms with Crippen LogP contribution in [0, 0.1) is 0 Å². The number of aliphatic hydroxyl groups is 2. The number of thioether (sulfide) groups is 1. The molecule has 0 radical (unpaired) electrons. The number of halogens is 2. The molecular formula is C9H19Cl2N3O3S. The number of nitrogens with two attached hydrogens (primary N) is 1. The van der Waals surface area contributed by atoms with Gasteiger partial charge in [0, 0.05) is 13.1 Å². The lowest BCUT2D eigenvalue weighted by Crippen LogP contribution is -2.60. The van der Waals surface area contributed by atoms with Gasteiger partial charge in [0.15, 0.2) is 5.17 Å². The van der Waals surface area contributed by atoms with Crippen molar-refractivity contribution in [2.24, 2.45) is 10.7 Å². The molecule has 2 aliphatic heterocycles. The van der Waals surface area contributed by atoms with Gasteiger partial charge in [0.1, 0.15) is 17.6 Å². The first kappa shape index (κ1) is 18.2. The number of ether oxygens (including phenoxy) is 1. The third-order valence-corrected chi connectivity index (χ3v) is 3.86. The van der Waals surface area contributed by atoms with Crippen LogP contribution in [0.15, 0.2) is 4.99 Å². The van der Waals surface area contributed by atoms with Crippen LogP contribution in [0.4, 0.5) is 0 Å². The van der Waals surface area contributed by atoms with E-state index < -0.39 is 18.3 Å². The number of fused-ring (bicyclic) bond motifs is 1. The molecule has 9 heteroatoms. The standard InChI is InChI=1S/C9H17N3O3S.2ClH/c1-2-11-9-12-5-7(14)6(13)4(3-10)15-8(5)16-9;;/h4-8,13-14H,2-3,10H2,1H3,(H,11,12);2*1H/t4-,5-,6-,7-,8-;;/m1../s1. The highest BCUT2D eigenvalue weighted by Gasteiger charge is 2.48. The highest BCUT2D eigenvalue weighted by Crippen LogP contribution is 2.33. The van der Waals surface area contributed by atoms with Crippen LogP contribution in [0.2, 0.25) is 0 Å². The van der Waals surface area contributed by atoms with Gasteiger partial charge >= 0.3 is 0 Å². The lowest BCUT2D eigenvalue weighted by atomic mass is 9.98. The van der Waals surface area contributed by atoms with Gasteiger partial charge in [-0.2, -0.15) is 0 Å². The lowest BCUT2D eigenvalue weighted by molar-refractivity contribution is -0.151. The molecule has 0 spiro atoms. The summed E-state index contributed by atoms with van der Waals surface area (Å²) in [6.07, 6.45) is -2.32. The Morgan fingerprint density at radius 3 is 2.61 bits per heavy atom. The fraction of sp³-hybridized carbons (Fsp3) is 0.889. The number of nitrogens with zero attached hydrogens (tertiary/aromatic N) is 1. The van der Waals surface area contributed by atoms with Gasteiger partial charge in [0.25, 0.3) is 0 Å². The Labute approximate surface area is 123 Å². The summed E-state index contributed by atoms with van der Waals surface area (Å²) in [5.41, 5.74) is 5.25. The van der Waals surface area contributed by atoms with Gasteiger partial charge in [-0.05, 0) is 6.92 Å². The summed E-state index contributed by atoms with van der Waals surface area (Å²) in [5, 5.41) is 23.5. The number of hydrogen-bond donors (Lipinski definition) is 4. The van der Waals surface area contributed by atoms with Crippen LogP contribution in [-0.2, 0) is 4.74 Å². The van der Waals surface area contributed by atoms with Gasteiger partial charge in [0.05, 0.1) is 12.1 Å². The maximum absolute atomic E-state index is 9.92. The maximum atomic E-state index is 9.92. The largest absolute Gasteiger partial charge is 0.388 e. The van der Waals surface area contributed by atoms with E-state index in [1.165, 1.54) is 11.8 Å². The molecule has 0 amide bonds. The molecule has 5 N–H and O–H groups in total. The highest BCUT2D eigenvalue weighted by molar-refractivity contribution is 8.14. The van der Waals surface area contributed by atoms with Crippen LogP contribution >= 0.6 is 36.6 Å². The molecule has 0 aliphatic carbocycles. The predicted molar refractivity (Wildman–Crippen MR) is 76.7 cm³/mol. The minimum Gasteiger partial charge on any atom is -0.388 e. The van der Waals surface area contributed by atoms with Crippen molar-refractivity contribution in [3.8, 4) is 0 Å². The number of amidine groups is 1. The van der Waals surface area contributed by atoms with E-state index in [9.17, 15) is 10.2 Å². The Balaban J connectivity index is 0.00000144. The summed E-state index contributed by atoms with van der Waals surface area (Å²) in [6.45, 7) is 2.81. The SMILES string of the molecule is CCN=C1N[C@@H]2[C@@H](O)[C@H](O)[C@@H](CN)O[C@@H]2S1.Cl.Cl. The summed E-state index contributed by atoms with van der Waals surface area (Å²) in [4.78, 5) is 4.22. The summed E-state index contributed by atoms with van der Waals surface area (Å²) in [5.74, 6) is 0. The highest BCUT2D eigenvalue weighted by atomic mass is 35.5. The topological polar surface area (TPSA) is 100 Å². The minimum absolute atomic E-state index is 0. The van der Waals surface area contributed by atoms with Gasteiger partial charge in [-0.25, -0.2) is 0 Å². The third-order valence-electron chi connectivity index (χ3n) is 2.75. The second-order valence-corrected chi connectivity index (χ2v) is 4.91. The molecule has 108 valence electrons. The van der Waals surface area contributed by atoms with E-state index in [0.29, 0.717) is 6.54 Å². The molecule has 0 aromatic rings. The van der Waals surface area contributed by atoms with E-state index in [0.717, 1.165) is 5.17 Å². The van der Waals surface area contributed by atoms with Gasteiger partial charge < -0.3 is 26.0 Å². The summed E-state index contributed by atoms with van der Waals surface area (Å²) in [7, 11) is 0. The smallest absolute Gasteiger partial charge is 0.159 e. The zero-order valence-electron chi connectivity index (χ0n) is 9.85. The van der Waals surface area contributed by atoms with E-state index in [1.54, 1.807) is 0 Å². The summed E-state index contributed by atoms with van der Waals surface area (Å²) >= 11 is 1.43. The Morgan fingerprint density at radius 1 is 1.39 bits per heavy atom. The number of aliphatic imine (C=N–C) groups is 1. The van der Waals surface area contributed by atoms with E-state index in [4.69, 9.17) is 10.5 Å². The predicted octanol–water partition coefficient (Wildman–Crippen LogP) is -0.684. The van der Waals surface area contributed by atoms with Crippen LogP contribution in [0.3, 0.4) is 0 Å². The number of aliphatic hydroxyl groups excluding tert-OH is 2. The average Bonchev–Trinajstić information content (AvgIpc) is 2.67. The molecule has 18 heavy (non-hydrogen) atoms.